The van der Waals surface area contributed by atoms with Crippen LogP contribution in [0.5, 0.6) is 0 Å². The zero-order valence-electron chi connectivity index (χ0n) is 9.63. The number of rotatable bonds is 5. The molecule has 1 aromatic rings. The second-order valence-electron chi connectivity index (χ2n) is 3.75. The van der Waals surface area contributed by atoms with Crippen LogP contribution in [-0.2, 0) is 9.84 Å². The van der Waals surface area contributed by atoms with Gasteiger partial charge in [-0.1, -0.05) is 44.2 Å². The van der Waals surface area contributed by atoms with Crippen molar-refractivity contribution >= 4 is 9.84 Å². The molecule has 4 heteroatoms. The molecule has 0 bridgehead atoms. The fourth-order valence-corrected chi connectivity index (χ4v) is 3.24. The first-order chi connectivity index (χ1) is 7.53. The standard InChI is InChI=1S/C12H18O3S/c1-3-11(16(14,15)4-2)12(13)10-8-6-5-7-9-10/h5-9,11-13H,3-4H2,1-2H3. The van der Waals surface area contributed by atoms with E-state index in [1.807, 2.05) is 6.07 Å². The van der Waals surface area contributed by atoms with Crippen molar-refractivity contribution in [3.8, 4) is 0 Å². The van der Waals surface area contributed by atoms with Gasteiger partial charge < -0.3 is 5.11 Å². The lowest BCUT2D eigenvalue weighted by Crippen LogP contribution is -2.29. The SMILES string of the molecule is CCC(C(O)c1ccccc1)S(=O)(=O)CC. The lowest BCUT2D eigenvalue weighted by Gasteiger charge is -2.21. The lowest BCUT2D eigenvalue weighted by atomic mass is 10.1. The van der Waals surface area contributed by atoms with Gasteiger partial charge in [0.15, 0.2) is 9.84 Å². The van der Waals surface area contributed by atoms with Crippen molar-refractivity contribution in [2.24, 2.45) is 0 Å². The summed E-state index contributed by atoms with van der Waals surface area (Å²) in [5, 5.41) is 9.36. The Bertz CT molecular complexity index is 411. The van der Waals surface area contributed by atoms with Gasteiger partial charge in [-0.05, 0) is 12.0 Å². The highest BCUT2D eigenvalue weighted by Crippen LogP contribution is 2.24. The third kappa shape index (κ3) is 2.83. The Balaban J connectivity index is 2.99. The zero-order valence-corrected chi connectivity index (χ0v) is 10.4. The number of benzene rings is 1. The van der Waals surface area contributed by atoms with Crippen molar-refractivity contribution < 1.29 is 13.5 Å². The maximum atomic E-state index is 11.8. The highest BCUT2D eigenvalue weighted by Gasteiger charge is 2.30. The molecule has 0 spiro atoms. The summed E-state index contributed by atoms with van der Waals surface area (Å²) in [5.41, 5.74) is 0.659. The Morgan fingerprint density at radius 3 is 2.19 bits per heavy atom. The monoisotopic (exact) mass is 242 g/mol. The summed E-state index contributed by atoms with van der Waals surface area (Å²) in [4.78, 5) is 0. The average Bonchev–Trinajstić information content (AvgIpc) is 2.30. The zero-order chi connectivity index (χ0) is 12.2. The first kappa shape index (κ1) is 13.2. The summed E-state index contributed by atoms with van der Waals surface area (Å²) < 4.78 is 23.6. The number of sulfone groups is 1. The molecule has 1 N–H and O–H groups in total. The normalized spacial score (nSPS) is 15.7. The van der Waals surface area contributed by atoms with Crippen LogP contribution in [0.2, 0.25) is 0 Å². The molecule has 0 aliphatic rings. The van der Waals surface area contributed by atoms with Crippen LogP contribution in [0.25, 0.3) is 0 Å². The summed E-state index contributed by atoms with van der Waals surface area (Å²) in [6, 6.07) is 8.93. The van der Waals surface area contributed by atoms with Crippen LogP contribution in [0.4, 0.5) is 0 Å². The molecule has 0 radical (unpaired) electrons. The van der Waals surface area contributed by atoms with E-state index >= 15 is 0 Å². The molecule has 1 rings (SSSR count). The number of aliphatic hydroxyl groups is 1. The van der Waals surface area contributed by atoms with E-state index in [0.717, 1.165) is 0 Å². The molecule has 0 aliphatic heterocycles. The van der Waals surface area contributed by atoms with Crippen molar-refractivity contribution in [3.05, 3.63) is 35.9 Å². The van der Waals surface area contributed by atoms with Crippen molar-refractivity contribution in [1.82, 2.24) is 0 Å². The molecule has 3 nitrogen and oxygen atoms in total. The van der Waals surface area contributed by atoms with Crippen molar-refractivity contribution in [2.75, 3.05) is 5.75 Å². The number of hydrogen-bond acceptors (Lipinski definition) is 3. The molecule has 0 aromatic heterocycles. The minimum atomic E-state index is -3.21. The Kier molecular flexibility index (Phi) is 4.50. The summed E-state index contributed by atoms with van der Waals surface area (Å²) in [6.07, 6.45) is -0.511. The molecule has 0 saturated carbocycles. The number of hydrogen-bond donors (Lipinski definition) is 1. The number of aliphatic hydroxyl groups excluding tert-OH is 1. The van der Waals surface area contributed by atoms with Crippen LogP contribution in [0.1, 0.15) is 31.9 Å². The largest absolute Gasteiger partial charge is 0.387 e. The fraction of sp³-hybridized carbons (Fsp3) is 0.500. The Morgan fingerprint density at radius 2 is 1.75 bits per heavy atom. The van der Waals surface area contributed by atoms with Gasteiger partial charge in [0.2, 0.25) is 0 Å². The van der Waals surface area contributed by atoms with Crippen LogP contribution in [0.3, 0.4) is 0 Å². The summed E-state index contributed by atoms with van der Waals surface area (Å²) in [7, 11) is -3.21. The van der Waals surface area contributed by atoms with Gasteiger partial charge in [0.1, 0.15) is 0 Å². The van der Waals surface area contributed by atoms with Gasteiger partial charge in [-0.15, -0.1) is 0 Å². The summed E-state index contributed by atoms with van der Waals surface area (Å²) >= 11 is 0. The Morgan fingerprint density at radius 1 is 1.19 bits per heavy atom. The first-order valence-corrected chi connectivity index (χ1v) is 7.19. The van der Waals surface area contributed by atoms with Gasteiger partial charge in [-0.25, -0.2) is 8.42 Å². The van der Waals surface area contributed by atoms with Gasteiger partial charge in [0.25, 0.3) is 0 Å². The molecule has 0 fully saturated rings. The van der Waals surface area contributed by atoms with E-state index in [2.05, 4.69) is 0 Å². The fourth-order valence-electron chi connectivity index (χ4n) is 1.75. The molecule has 2 atom stereocenters. The third-order valence-electron chi connectivity index (χ3n) is 2.76. The lowest BCUT2D eigenvalue weighted by molar-refractivity contribution is 0.169. The van der Waals surface area contributed by atoms with Crippen LogP contribution < -0.4 is 0 Å². The molecular weight excluding hydrogens is 224 g/mol. The van der Waals surface area contributed by atoms with Gasteiger partial charge >= 0.3 is 0 Å². The van der Waals surface area contributed by atoms with Gasteiger partial charge in [0.05, 0.1) is 11.4 Å². The maximum Gasteiger partial charge on any atom is 0.155 e. The van der Waals surface area contributed by atoms with E-state index in [1.165, 1.54) is 0 Å². The molecule has 0 aliphatic carbocycles. The summed E-state index contributed by atoms with van der Waals surface area (Å²) in [6.45, 7) is 3.39. The Hall–Kier alpha value is -0.870. The van der Waals surface area contributed by atoms with Gasteiger partial charge in [-0.2, -0.15) is 0 Å². The second kappa shape index (κ2) is 5.46. The quantitative estimate of drug-likeness (QED) is 0.858. The second-order valence-corrected chi connectivity index (χ2v) is 6.26. The van der Waals surface area contributed by atoms with Crippen molar-refractivity contribution in [3.63, 3.8) is 0 Å². The molecule has 2 unspecified atom stereocenters. The summed E-state index contributed by atoms with van der Waals surface area (Å²) in [5.74, 6) is 0.0649. The van der Waals surface area contributed by atoms with Crippen LogP contribution in [0.15, 0.2) is 30.3 Å². The van der Waals surface area contributed by atoms with Crippen LogP contribution >= 0.6 is 0 Å². The molecule has 0 saturated heterocycles. The minimum absolute atomic E-state index is 0.0649. The van der Waals surface area contributed by atoms with E-state index in [4.69, 9.17) is 0 Å². The molecule has 0 heterocycles. The Labute approximate surface area is 97.0 Å². The van der Waals surface area contributed by atoms with Crippen LogP contribution in [-0.4, -0.2) is 24.5 Å². The van der Waals surface area contributed by atoms with E-state index in [9.17, 15) is 13.5 Å². The third-order valence-corrected chi connectivity index (χ3v) is 5.08. The molecular formula is C12H18O3S. The molecule has 1 aromatic carbocycles. The first-order valence-electron chi connectivity index (χ1n) is 5.47. The molecule has 16 heavy (non-hydrogen) atoms. The average molecular weight is 242 g/mol. The molecule has 90 valence electrons. The highest BCUT2D eigenvalue weighted by molar-refractivity contribution is 7.92. The van der Waals surface area contributed by atoms with Crippen LogP contribution in [0, 0.1) is 0 Å². The topological polar surface area (TPSA) is 54.4 Å². The maximum absolute atomic E-state index is 11.8. The van der Waals surface area contributed by atoms with Gasteiger partial charge in [-0.3, -0.25) is 0 Å². The predicted octanol–water partition coefficient (Wildman–Crippen LogP) is 1.93. The molecule has 0 amide bonds. The van der Waals surface area contributed by atoms with E-state index in [1.54, 1.807) is 38.1 Å². The van der Waals surface area contributed by atoms with E-state index < -0.39 is 21.2 Å². The van der Waals surface area contributed by atoms with Crippen molar-refractivity contribution in [2.45, 2.75) is 31.6 Å². The van der Waals surface area contributed by atoms with Gasteiger partial charge in [0, 0.05) is 5.75 Å². The predicted molar refractivity (Wildman–Crippen MR) is 64.9 cm³/mol. The van der Waals surface area contributed by atoms with E-state index in [0.29, 0.717) is 12.0 Å². The smallest absolute Gasteiger partial charge is 0.155 e. The highest BCUT2D eigenvalue weighted by atomic mass is 32.2. The minimum Gasteiger partial charge on any atom is -0.387 e. The van der Waals surface area contributed by atoms with Crippen molar-refractivity contribution in [1.29, 1.82) is 0 Å². The van der Waals surface area contributed by atoms with E-state index in [-0.39, 0.29) is 5.75 Å².